The van der Waals surface area contributed by atoms with Crippen molar-refractivity contribution in [2.45, 2.75) is 162 Å². The maximum absolute atomic E-state index is 7.65. The van der Waals surface area contributed by atoms with E-state index in [0.29, 0.717) is 0 Å². The lowest BCUT2D eigenvalue weighted by molar-refractivity contribution is 0.486. The lowest BCUT2D eigenvalue weighted by Gasteiger charge is -2.17. The third-order valence-electron chi connectivity index (χ3n) is 19.2. The number of aromatic nitrogens is 8. The van der Waals surface area contributed by atoms with Crippen molar-refractivity contribution < 1.29 is 4.74 Å². The summed E-state index contributed by atoms with van der Waals surface area (Å²) in [5.41, 5.74) is 39.9. The Hall–Kier alpha value is -8.56. The highest BCUT2D eigenvalue weighted by molar-refractivity contribution is 6.05. The van der Waals surface area contributed by atoms with Gasteiger partial charge in [-0.25, -0.2) is 19.9 Å². The minimum Gasteiger partial charge on any atom is -0.456 e. The molecule has 8 aromatic rings. The van der Waals surface area contributed by atoms with E-state index < -0.39 is 0 Å². The molecular weight excluding hydrogens is 1040 g/mol. The van der Waals surface area contributed by atoms with Crippen molar-refractivity contribution in [1.29, 1.82) is 0 Å². The molecule has 9 nitrogen and oxygen atoms in total. The van der Waals surface area contributed by atoms with E-state index in [1.807, 2.05) is 0 Å². The van der Waals surface area contributed by atoms with E-state index in [-0.39, 0.29) is 0 Å². The van der Waals surface area contributed by atoms with Gasteiger partial charge in [0.2, 0.25) is 0 Å². The molecule has 4 aliphatic rings. The van der Waals surface area contributed by atoms with Gasteiger partial charge in [-0.15, -0.1) is 0 Å². The number of nitrogens with one attached hydrogen (secondary N) is 4. The van der Waals surface area contributed by atoms with Gasteiger partial charge < -0.3 is 24.7 Å². The first kappa shape index (κ1) is 56.9. The van der Waals surface area contributed by atoms with Crippen LogP contribution in [0.3, 0.4) is 0 Å². The lowest BCUT2D eigenvalue weighted by Crippen LogP contribution is -1.96. The third kappa shape index (κ3) is 9.28. The van der Waals surface area contributed by atoms with E-state index in [1.54, 1.807) is 0 Å². The number of rotatable bonds is 12. The summed E-state index contributed by atoms with van der Waals surface area (Å²) in [6.45, 7) is 36.0. The monoisotopic (exact) mass is 1120 g/mol. The highest BCUT2D eigenvalue weighted by atomic mass is 16.5. The Kier molecular flexibility index (Phi) is 15.0. The Morgan fingerprint density at radius 2 is 0.624 bits per heavy atom. The number of para-hydroxylation sites is 2. The zero-order valence-corrected chi connectivity index (χ0v) is 52.9. The smallest absolute Gasteiger partial charge is 0.135 e. The van der Waals surface area contributed by atoms with E-state index in [2.05, 4.69) is 216 Å². The minimum absolute atomic E-state index is 0.722. The van der Waals surface area contributed by atoms with Crippen LogP contribution in [0.4, 0.5) is 0 Å². The van der Waals surface area contributed by atoms with Crippen LogP contribution in [-0.4, -0.2) is 39.9 Å². The quantitative estimate of drug-likeness (QED) is 0.0970. The number of fused-ring (bicyclic) bond motifs is 16. The van der Waals surface area contributed by atoms with Gasteiger partial charge in [-0.1, -0.05) is 91.8 Å². The van der Waals surface area contributed by atoms with Crippen molar-refractivity contribution in [3.63, 3.8) is 0 Å². The Morgan fingerprint density at radius 1 is 0.318 bits per heavy atom. The molecule has 0 atom stereocenters. The van der Waals surface area contributed by atoms with Gasteiger partial charge in [0, 0.05) is 55.4 Å². The molecule has 0 amide bonds. The standard InChI is InChI=1S/C76H82N8O/c1-17-47-39(9)57-33-65-51(21-5)43(13)73(81-65)71(74-44(14)52(22-6)66(82-74)34-58-40(10)48(18-2)62(78-58)37-61(47)77-57)55-29-25-27-31-69(55)85-70-32-28-26-30-56(70)72-75-45(15)53(23-7)67(83-75)35-59-41(11)49(19-3)63(79-59)38-64-50(20-4)42(12)60(80-64)36-68-54(24-8)46(16)76(72)84-68/h25-38,77,79,82,84H,17-24H2,1-16H3. The normalized spacial score (nSPS) is 13.6. The summed E-state index contributed by atoms with van der Waals surface area (Å²) in [5.74, 6) is 1.44. The van der Waals surface area contributed by atoms with Crippen molar-refractivity contribution in [2.24, 2.45) is 0 Å². The van der Waals surface area contributed by atoms with Crippen molar-refractivity contribution in [3.8, 4) is 33.8 Å². The second-order valence-electron chi connectivity index (χ2n) is 23.6. The number of H-pyrrole nitrogens is 4. The summed E-state index contributed by atoms with van der Waals surface area (Å²) < 4.78 is 7.65. The molecule has 4 aliphatic heterocycles. The summed E-state index contributed by atoms with van der Waals surface area (Å²) in [7, 11) is 0. The van der Waals surface area contributed by atoms with Gasteiger partial charge in [0.25, 0.3) is 0 Å². The highest BCUT2D eigenvalue weighted by Gasteiger charge is 2.29. The molecule has 0 radical (unpaired) electrons. The van der Waals surface area contributed by atoms with Crippen molar-refractivity contribution >= 4 is 88.7 Å². The molecule has 0 fully saturated rings. The number of hydrogen-bond donors (Lipinski definition) is 4. The Labute approximate surface area is 501 Å². The molecule has 6 aromatic heterocycles. The summed E-state index contributed by atoms with van der Waals surface area (Å²) >= 11 is 0. The number of aryl methyl sites for hydroxylation is 8. The van der Waals surface area contributed by atoms with Crippen LogP contribution in [0.25, 0.3) is 111 Å². The molecule has 0 unspecified atom stereocenters. The highest BCUT2D eigenvalue weighted by Crippen LogP contribution is 2.49. The van der Waals surface area contributed by atoms with Crippen LogP contribution < -0.4 is 4.74 Å². The molecule has 2 aromatic carbocycles. The van der Waals surface area contributed by atoms with Gasteiger partial charge in [0.15, 0.2) is 0 Å². The fraction of sp³-hybridized carbons (Fsp3) is 0.316. The minimum atomic E-state index is 0.722. The second kappa shape index (κ2) is 22.5. The van der Waals surface area contributed by atoms with Crippen LogP contribution in [0, 0.1) is 27.7 Å². The summed E-state index contributed by atoms with van der Waals surface area (Å²) in [5, 5.41) is 0. The molecule has 9 heteroatoms. The van der Waals surface area contributed by atoms with Crippen molar-refractivity contribution in [1.82, 2.24) is 39.9 Å². The van der Waals surface area contributed by atoms with Crippen LogP contribution in [0.1, 0.15) is 199 Å². The molecule has 0 saturated carbocycles. The van der Waals surface area contributed by atoms with E-state index >= 15 is 0 Å². The average molecular weight is 1120 g/mol. The Morgan fingerprint density at radius 3 is 0.988 bits per heavy atom. The SMILES string of the molecule is CCC1=C(C)c2cc3[nH]c(c(C)c3CC)c(-c3ccccc3Oc3ccccc3-c3c4nc(cc5[nH]c(cc6nc(cc7[nH]c3c(C)c7CC)C(C)=C6CC)c(CC)c5C)C(CC)=C4C)c3nc(cc4[nH]c(cc1n2)c(CC)c4C)C(CC)=C3C. The molecule has 4 N–H and O–H groups in total. The summed E-state index contributed by atoms with van der Waals surface area (Å²) in [4.78, 5) is 38.2. The van der Waals surface area contributed by atoms with Gasteiger partial charge in [-0.2, -0.15) is 0 Å². The number of allylic oxidation sites excluding steroid dienone is 8. The van der Waals surface area contributed by atoms with Gasteiger partial charge in [-0.05, 0) is 244 Å². The van der Waals surface area contributed by atoms with Gasteiger partial charge >= 0.3 is 0 Å². The summed E-state index contributed by atoms with van der Waals surface area (Å²) in [6, 6.07) is 30.8. The van der Waals surface area contributed by atoms with Gasteiger partial charge in [0.05, 0.1) is 56.6 Å². The van der Waals surface area contributed by atoms with Crippen LogP contribution >= 0.6 is 0 Å². The van der Waals surface area contributed by atoms with Crippen LogP contribution in [0.2, 0.25) is 0 Å². The predicted molar refractivity (Wildman–Crippen MR) is 361 cm³/mol. The largest absolute Gasteiger partial charge is 0.456 e. The molecule has 432 valence electrons. The Balaban J connectivity index is 1.16. The summed E-state index contributed by atoms with van der Waals surface area (Å²) in [6.07, 6.45) is 6.88. The molecular formula is C76H82N8O. The fourth-order valence-corrected chi connectivity index (χ4v) is 14.5. The number of benzene rings is 2. The zero-order chi connectivity index (χ0) is 59.9. The Bertz CT molecular complexity index is 4340. The molecule has 0 spiro atoms. The topological polar surface area (TPSA) is 124 Å². The van der Waals surface area contributed by atoms with Crippen molar-refractivity contribution in [2.75, 3.05) is 0 Å². The number of ether oxygens (including phenoxy) is 1. The molecule has 10 heterocycles. The van der Waals surface area contributed by atoms with E-state index in [4.69, 9.17) is 24.7 Å². The first-order valence-corrected chi connectivity index (χ1v) is 31.3. The van der Waals surface area contributed by atoms with Crippen LogP contribution in [0.5, 0.6) is 11.5 Å². The zero-order valence-electron chi connectivity index (χ0n) is 52.9. The van der Waals surface area contributed by atoms with E-state index in [1.165, 1.54) is 77.9 Å². The van der Waals surface area contributed by atoms with Crippen molar-refractivity contribution in [3.05, 3.63) is 175 Å². The fourth-order valence-electron chi connectivity index (χ4n) is 14.5. The number of nitrogens with zero attached hydrogens (tertiary/aromatic N) is 4. The van der Waals surface area contributed by atoms with Crippen LogP contribution in [-0.2, 0) is 25.7 Å². The average Bonchev–Trinajstić information content (AvgIpc) is 1.92. The molecule has 85 heavy (non-hydrogen) atoms. The predicted octanol–water partition coefficient (Wildman–Crippen LogP) is 20.9. The van der Waals surface area contributed by atoms with E-state index in [9.17, 15) is 0 Å². The van der Waals surface area contributed by atoms with Crippen LogP contribution in [0.15, 0.2) is 84.9 Å². The van der Waals surface area contributed by atoms with E-state index in [0.717, 1.165) is 186 Å². The molecule has 12 rings (SSSR count). The third-order valence-corrected chi connectivity index (χ3v) is 19.2. The lowest BCUT2D eigenvalue weighted by atomic mass is 9.94. The number of aromatic amines is 4. The first-order valence-electron chi connectivity index (χ1n) is 31.3. The maximum Gasteiger partial charge on any atom is 0.135 e. The molecule has 0 aliphatic carbocycles. The second-order valence-corrected chi connectivity index (χ2v) is 23.6. The molecule has 16 bridgehead atoms. The maximum atomic E-state index is 7.65. The first-order chi connectivity index (χ1) is 41.1. The van der Waals surface area contributed by atoms with Gasteiger partial charge in [0.1, 0.15) is 11.5 Å². The van der Waals surface area contributed by atoms with Gasteiger partial charge in [-0.3, -0.25) is 0 Å². The number of hydrogen-bond acceptors (Lipinski definition) is 5. The molecule has 0 saturated heterocycles.